The summed E-state index contributed by atoms with van der Waals surface area (Å²) in [6.07, 6.45) is 7.50. The van der Waals surface area contributed by atoms with Gasteiger partial charge in [0.1, 0.15) is 18.5 Å². The molecular weight excluding hydrogens is 288 g/mol. The Hall–Kier alpha value is -1.57. The smallest absolute Gasteiger partial charge is 0.119 e. The van der Waals surface area contributed by atoms with Gasteiger partial charge < -0.3 is 9.84 Å². The minimum atomic E-state index is -0.466. The fourth-order valence-corrected chi connectivity index (χ4v) is 4.10. The van der Waals surface area contributed by atoms with Gasteiger partial charge in [0.05, 0.1) is 11.6 Å². The molecular formula is C19H26N2O2. The Labute approximate surface area is 138 Å². The van der Waals surface area contributed by atoms with Crippen molar-refractivity contribution in [3.63, 3.8) is 0 Å². The van der Waals surface area contributed by atoms with Gasteiger partial charge in [-0.2, -0.15) is 5.26 Å². The number of piperidine rings is 1. The molecule has 4 heteroatoms. The number of nitrogens with zero attached hydrogens (tertiary/aromatic N) is 2. The Morgan fingerprint density at radius 3 is 2.70 bits per heavy atom. The van der Waals surface area contributed by atoms with Gasteiger partial charge in [-0.3, -0.25) is 4.90 Å². The van der Waals surface area contributed by atoms with Crippen LogP contribution >= 0.6 is 0 Å². The fourth-order valence-electron chi connectivity index (χ4n) is 4.10. The molecule has 1 saturated carbocycles. The van der Waals surface area contributed by atoms with E-state index < -0.39 is 6.10 Å². The molecule has 0 radical (unpaired) electrons. The molecule has 0 spiro atoms. The number of benzene rings is 1. The summed E-state index contributed by atoms with van der Waals surface area (Å²) in [4.78, 5) is 2.49. The number of aliphatic hydroxyl groups is 1. The molecule has 1 aromatic rings. The van der Waals surface area contributed by atoms with Crippen LogP contribution in [0.1, 0.15) is 44.1 Å². The van der Waals surface area contributed by atoms with Crippen molar-refractivity contribution < 1.29 is 9.84 Å². The Balaban J connectivity index is 1.48. The number of nitriles is 1. The number of likely N-dealkylation sites (tertiary alicyclic amines) is 1. The van der Waals surface area contributed by atoms with Crippen LogP contribution < -0.4 is 4.74 Å². The summed E-state index contributed by atoms with van der Waals surface area (Å²) in [6.45, 7) is 2.12. The van der Waals surface area contributed by atoms with E-state index >= 15 is 0 Å². The summed E-state index contributed by atoms with van der Waals surface area (Å²) in [6, 6.07) is 9.79. The molecule has 1 aromatic carbocycles. The Morgan fingerprint density at radius 2 is 1.91 bits per heavy atom. The summed E-state index contributed by atoms with van der Waals surface area (Å²) >= 11 is 0. The second-order valence-electron chi connectivity index (χ2n) is 6.85. The van der Waals surface area contributed by atoms with E-state index in [1.54, 1.807) is 24.3 Å². The van der Waals surface area contributed by atoms with E-state index in [4.69, 9.17) is 10.00 Å². The van der Waals surface area contributed by atoms with Crippen LogP contribution in [0.4, 0.5) is 0 Å². The topological polar surface area (TPSA) is 56.5 Å². The average molecular weight is 314 g/mol. The molecule has 1 aliphatic carbocycles. The van der Waals surface area contributed by atoms with E-state index in [0.717, 1.165) is 12.5 Å². The molecule has 0 bridgehead atoms. The quantitative estimate of drug-likeness (QED) is 0.908. The lowest BCUT2D eigenvalue weighted by molar-refractivity contribution is 0.00654. The molecule has 1 saturated heterocycles. The van der Waals surface area contributed by atoms with Crippen LogP contribution in [0.25, 0.3) is 0 Å². The summed E-state index contributed by atoms with van der Waals surface area (Å²) in [5.41, 5.74) is 0.620. The molecule has 3 unspecified atom stereocenters. The van der Waals surface area contributed by atoms with Crippen molar-refractivity contribution in [3.05, 3.63) is 29.8 Å². The molecule has 3 atom stereocenters. The molecule has 0 aromatic heterocycles. The van der Waals surface area contributed by atoms with Gasteiger partial charge in [-0.1, -0.05) is 12.8 Å². The van der Waals surface area contributed by atoms with Gasteiger partial charge in [0.25, 0.3) is 0 Å². The van der Waals surface area contributed by atoms with Gasteiger partial charge in [0, 0.05) is 12.6 Å². The number of ether oxygens (including phenoxy) is 1. The van der Waals surface area contributed by atoms with Crippen LogP contribution in [0.2, 0.25) is 0 Å². The predicted octanol–water partition coefficient (Wildman–Crippen LogP) is 2.95. The van der Waals surface area contributed by atoms with Crippen molar-refractivity contribution in [1.29, 1.82) is 5.26 Å². The maximum Gasteiger partial charge on any atom is 0.119 e. The highest BCUT2D eigenvalue weighted by Gasteiger charge is 2.33. The molecule has 1 aliphatic heterocycles. The van der Waals surface area contributed by atoms with Gasteiger partial charge in [0.15, 0.2) is 0 Å². The third-order valence-corrected chi connectivity index (χ3v) is 5.23. The lowest BCUT2D eigenvalue weighted by atomic mass is 9.78. The van der Waals surface area contributed by atoms with E-state index in [1.807, 2.05) is 0 Å². The highest BCUT2D eigenvalue weighted by molar-refractivity contribution is 5.34. The van der Waals surface area contributed by atoms with Crippen LogP contribution in [-0.4, -0.2) is 41.8 Å². The molecule has 3 rings (SSSR count). The van der Waals surface area contributed by atoms with E-state index in [0.29, 0.717) is 30.5 Å². The molecule has 23 heavy (non-hydrogen) atoms. The van der Waals surface area contributed by atoms with Crippen molar-refractivity contribution in [2.45, 2.75) is 50.7 Å². The SMILES string of the molecule is N#Cc1ccc(OCC(O)CN2CCCC3CCCCC32)cc1. The lowest BCUT2D eigenvalue weighted by Gasteiger charge is -2.44. The van der Waals surface area contributed by atoms with Gasteiger partial charge >= 0.3 is 0 Å². The van der Waals surface area contributed by atoms with Gasteiger partial charge in [0.2, 0.25) is 0 Å². The van der Waals surface area contributed by atoms with Crippen molar-refractivity contribution in [2.75, 3.05) is 19.7 Å². The summed E-state index contributed by atoms with van der Waals surface area (Å²) in [5.74, 6) is 1.54. The molecule has 1 heterocycles. The maximum absolute atomic E-state index is 10.3. The summed E-state index contributed by atoms with van der Waals surface area (Å²) in [5, 5.41) is 19.1. The first-order valence-electron chi connectivity index (χ1n) is 8.81. The van der Waals surface area contributed by atoms with Crippen LogP contribution in [0, 0.1) is 17.2 Å². The lowest BCUT2D eigenvalue weighted by Crippen LogP contribution is -2.50. The highest BCUT2D eigenvalue weighted by atomic mass is 16.5. The Morgan fingerprint density at radius 1 is 1.17 bits per heavy atom. The molecule has 2 aliphatic rings. The van der Waals surface area contributed by atoms with Gasteiger partial charge in [-0.25, -0.2) is 0 Å². The standard InChI is InChI=1S/C19H26N2O2/c20-12-15-7-9-18(10-8-15)23-14-17(22)13-21-11-3-5-16-4-1-2-6-19(16)21/h7-10,16-17,19,22H,1-6,11,13-14H2. The minimum absolute atomic E-state index is 0.305. The van der Waals surface area contributed by atoms with Crippen LogP contribution in [-0.2, 0) is 0 Å². The normalized spacial score (nSPS) is 26.1. The minimum Gasteiger partial charge on any atom is -0.491 e. The Kier molecular flexibility index (Phi) is 5.53. The molecule has 1 N–H and O–H groups in total. The first kappa shape index (κ1) is 16.3. The van der Waals surface area contributed by atoms with Crippen molar-refractivity contribution >= 4 is 0 Å². The summed E-state index contributed by atoms with van der Waals surface area (Å²) in [7, 11) is 0. The van der Waals surface area contributed by atoms with E-state index in [2.05, 4.69) is 11.0 Å². The van der Waals surface area contributed by atoms with Crippen LogP contribution in [0.5, 0.6) is 5.75 Å². The van der Waals surface area contributed by atoms with Crippen LogP contribution in [0.15, 0.2) is 24.3 Å². The van der Waals surface area contributed by atoms with Crippen molar-refractivity contribution in [2.24, 2.45) is 5.92 Å². The first-order chi connectivity index (χ1) is 11.3. The number of hydrogen-bond acceptors (Lipinski definition) is 4. The van der Waals surface area contributed by atoms with Crippen molar-refractivity contribution in [3.8, 4) is 11.8 Å². The Bertz CT molecular complexity index is 535. The third kappa shape index (κ3) is 4.25. The van der Waals surface area contributed by atoms with Gasteiger partial charge in [-0.15, -0.1) is 0 Å². The van der Waals surface area contributed by atoms with Crippen LogP contribution in [0.3, 0.4) is 0 Å². The van der Waals surface area contributed by atoms with E-state index in [-0.39, 0.29) is 0 Å². The highest BCUT2D eigenvalue weighted by Crippen LogP contribution is 2.35. The average Bonchev–Trinajstić information content (AvgIpc) is 2.61. The fraction of sp³-hybridized carbons (Fsp3) is 0.632. The molecule has 2 fully saturated rings. The van der Waals surface area contributed by atoms with Crippen molar-refractivity contribution in [1.82, 2.24) is 4.90 Å². The second-order valence-corrected chi connectivity index (χ2v) is 6.85. The number of β-amino-alcohol motifs (C(OH)–C–C–N with tert-alkyl or cyclic N) is 1. The largest absolute Gasteiger partial charge is 0.491 e. The zero-order valence-corrected chi connectivity index (χ0v) is 13.7. The van der Waals surface area contributed by atoms with Gasteiger partial charge in [-0.05, 0) is 62.4 Å². The zero-order valence-electron chi connectivity index (χ0n) is 13.7. The number of hydrogen-bond donors (Lipinski definition) is 1. The second kappa shape index (κ2) is 7.81. The third-order valence-electron chi connectivity index (χ3n) is 5.23. The van der Waals surface area contributed by atoms with E-state index in [9.17, 15) is 5.11 Å². The first-order valence-corrected chi connectivity index (χ1v) is 8.81. The predicted molar refractivity (Wildman–Crippen MR) is 89.2 cm³/mol. The number of aliphatic hydroxyl groups excluding tert-OH is 1. The zero-order chi connectivity index (χ0) is 16.1. The molecule has 124 valence electrons. The summed E-state index contributed by atoms with van der Waals surface area (Å²) < 4.78 is 5.66. The molecule has 4 nitrogen and oxygen atoms in total. The maximum atomic E-state index is 10.3. The van der Waals surface area contributed by atoms with E-state index in [1.165, 1.54) is 38.5 Å². The number of fused-ring (bicyclic) bond motifs is 1. The molecule has 0 amide bonds. The number of rotatable bonds is 5. The monoisotopic (exact) mass is 314 g/mol.